The number of amides is 1. The van der Waals surface area contributed by atoms with Crippen molar-refractivity contribution < 1.29 is 19.2 Å². The van der Waals surface area contributed by atoms with Crippen LogP contribution in [0, 0.1) is 17.0 Å². The van der Waals surface area contributed by atoms with Crippen LogP contribution in [0.2, 0.25) is 0 Å². The Morgan fingerprint density at radius 3 is 2.56 bits per heavy atom. The maximum atomic E-state index is 12.3. The third-order valence-electron chi connectivity index (χ3n) is 5.26. The van der Waals surface area contributed by atoms with Crippen LogP contribution < -0.4 is 14.9 Å². The van der Waals surface area contributed by atoms with Gasteiger partial charge in [-0.05, 0) is 43.5 Å². The molecular formula is C28H29N3O5. The number of nitro groups is 1. The number of carbonyl (C=O) groups excluding carboxylic acids is 1. The molecule has 0 heterocycles. The summed E-state index contributed by atoms with van der Waals surface area (Å²) in [4.78, 5) is 23.0. The van der Waals surface area contributed by atoms with Crippen molar-refractivity contribution in [3.63, 3.8) is 0 Å². The maximum Gasteiger partial charge on any atom is 0.273 e. The lowest BCUT2D eigenvalue weighted by Gasteiger charge is -2.17. The lowest BCUT2D eigenvalue weighted by Crippen LogP contribution is -2.20. The Bertz CT molecular complexity index is 1250. The van der Waals surface area contributed by atoms with E-state index in [1.165, 1.54) is 17.8 Å². The number of para-hydroxylation sites is 1. The van der Waals surface area contributed by atoms with Crippen molar-refractivity contribution in [2.24, 2.45) is 5.10 Å². The summed E-state index contributed by atoms with van der Waals surface area (Å²) in [6.45, 7) is 8.60. The topological polar surface area (TPSA) is 103 Å². The second-order valence-electron chi connectivity index (χ2n) is 8.06. The molecule has 0 aromatic heterocycles. The zero-order valence-corrected chi connectivity index (χ0v) is 20.4. The Hall–Kier alpha value is -4.46. The number of rotatable bonds is 12. The number of hydrogen-bond acceptors (Lipinski definition) is 6. The molecule has 186 valence electrons. The van der Waals surface area contributed by atoms with Gasteiger partial charge >= 0.3 is 0 Å². The predicted molar refractivity (Wildman–Crippen MR) is 140 cm³/mol. The molecule has 0 fully saturated rings. The fraction of sp³-hybridized carbons (Fsp3) is 0.214. The molecule has 0 aliphatic rings. The number of nitro benzene ring substituents is 1. The van der Waals surface area contributed by atoms with Crippen molar-refractivity contribution in [3.05, 3.63) is 111 Å². The highest BCUT2D eigenvalue weighted by atomic mass is 16.6. The Balaban J connectivity index is 1.75. The molecule has 0 atom stereocenters. The zero-order valence-electron chi connectivity index (χ0n) is 20.4. The van der Waals surface area contributed by atoms with Crippen LogP contribution in [0.4, 0.5) is 5.69 Å². The lowest BCUT2D eigenvalue weighted by molar-refractivity contribution is -0.385. The number of allylic oxidation sites excluding steroid dienone is 1. The highest BCUT2D eigenvalue weighted by Crippen LogP contribution is 2.34. The molecule has 3 aromatic carbocycles. The molecule has 0 aliphatic carbocycles. The van der Waals surface area contributed by atoms with Crippen LogP contribution in [0.25, 0.3) is 0 Å². The van der Waals surface area contributed by atoms with Crippen LogP contribution in [-0.2, 0) is 24.2 Å². The predicted octanol–water partition coefficient (Wildman–Crippen LogP) is 5.30. The maximum absolute atomic E-state index is 12.3. The first-order valence-electron chi connectivity index (χ1n) is 11.5. The molecule has 0 saturated heterocycles. The first-order valence-corrected chi connectivity index (χ1v) is 11.5. The van der Waals surface area contributed by atoms with Crippen LogP contribution >= 0.6 is 0 Å². The number of hydrogen-bond donors (Lipinski definition) is 1. The van der Waals surface area contributed by atoms with E-state index >= 15 is 0 Å². The molecular weight excluding hydrogens is 458 g/mol. The van der Waals surface area contributed by atoms with E-state index in [1.807, 2.05) is 44.2 Å². The molecule has 0 radical (unpaired) electrons. The number of aryl methyl sites for hydroxylation is 1. The number of benzene rings is 3. The number of carbonyl (C=O) groups is 1. The third-order valence-corrected chi connectivity index (χ3v) is 5.26. The van der Waals surface area contributed by atoms with Gasteiger partial charge in [0.2, 0.25) is 5.91 Å². The lowest BCUT2D eigenvalue weighted by atomic mass is 10.1. The smallest absolute Gasteiger partial charge is 0.273 e. The molecule has 0 unspecified atom stereocenters. The average Bonchev–Trinajstić information content (AvgIpc) is 2.85. The highest BCUT2D eigenvalue weighted by molar-refractivity contribution is 5.85. The van der Waals surface area contributed by atoms with E-state index in [4.69, 9.17) is 9.47 Å². The Morgan fingerprint density at radius 2 is 1.86 bits per heavy atom. The van der Waals surface area contributed by atoms with Crippen LogP contribution in [-0.4, -0.2) is 23.7 Å². The summed E-state index contributed by atoms with van der Waals surface area (Å²) in [5.41, 5.74) is 6.43. The standard InChI is InChI=1S/C28H29N3O5/c1-4-8-24-15-22(18-29-30-27(32)17-23-9-6-7-10-25(23)31(33)34)16-26(35-5-2)28(24)36-19-21-13-11-20(3)12-14-21/h4,6-7,9-16,18H,1,5,8,17,19H2,2-3H3,(H,30,32). The van der Waals surface area contributed by atoms with Gasteiger partial charge in [0, 0.05) is 17.2 Å². The van der Waals surface area contributed by atoms with Crippen LogP contribution in [0.1, 0.15) is 34.7 Å². The summed E-state index contributed by atoms with van der Waals surface area (Å²) < 4.78 is 12.0. The Morgan fingerprint density at radius 1 is 1.11 bits per heavy atom. The van der Waals surface area contributed by atoms with E-state index in [2.05, 4.69) is 17.1 Å². The van der Waals surface area contributed by atoms with Gasteiger partial charge in [-0.3, -0.25) is 14.9 Å². The van der Waals surface area contributed by atoms with Crippen LogP contribution in [0.5, 0.6) is 11.5 Å². The van der Waals surface area contributed by atoms with Gasteiger partial charge in [0.25, 0.3) is 5.69 Å². The minimum atomic E-state index is -0.509. The van der Waals surface area contributed by atoms with Crippen molar-refractivity contribution in [3.8, 4) is 11.5 Å². The summed E-state index contributed by atoms with van der Waals surface area (Å²) in [5, 5.41) is 15.2. The quantitative estimate of drug-likeness (QED) is 0.162. The summed E-state index contributed by atoms with van der Waals surface area (Å²) in [5.74, 6) is 0.737. The molecule has 0 saturated carbocycles. The third kappa shape index (κ3) is 7.27. The van der Waals surface area contributed by atoms with Crippen molar-refractivity contribution in [1.29, 1.82) is 0 Å². The second-order valence-corrected chi connectivity index (χ2v) is 8.06. The van der Waals surface area contributed by atoms with E-state index < -0.39 is 10.8 Å². The minimum Gasteiger partial charge on any atom is -0.490 e. The first kappa shape index (κ1) is 26.2. The van der Waals surface area contributed by atoms with Crippen molar-refractivity contribution in [2.45, 2.75) is 33.3 Å². The monoisotopic (exact) mass is 487 g/mol. The fourth-order valence-electron chi connectivity index (χ4n) is 3.56. The van der Waals surface area contributed by atoms with E-state index in [9.17, 15) is 14.9 Å². The van der Waals surface area contributed by atoms with Crippen LogP contribution in [0.15, 0.2) is 78.4 Å². The van der Waals surface area contributed by atoms with Crippen molar-refractivity contribution in [1.82, 2.24) is 5.43 Å². The van der Waals surface area contributed by atoms with E-state index in [0.717, 1.165) is 11.1 Å². The van der Waals surface area contributed by atoms with Gasteiger partial charge in [-0.1, -0.05) is 54.1 Å². The molecule has 36 heavy (non-hydrogen) atoms. The molecule has 0 spiro atoms. The van der Waals surface area contributed by atoms with Gasteiger partial charge in [0.05, 0.1) is 24.2 Å². The molecule has 3 rings (SSSR count). The Kier molecular flexibility index (Phi) is 9.33. The van der Waals surface area contributed by atoms with E-state index in [1.54, 1.807) is 30.3 Å². The van der Waals surface area contributed by atoms with Gasteiger partial charge in [-0.2, -0.15) is 5.10 Å². The van der Waals surface area contributed by atoms with Gasteiger partial charge in [-0.15, -0.1) is 6.58 Å². The zero-order chi connectivity index (χ0) is 25.9. The summed E-state index contributed by atoms with van der Waals surface area (Å²) in [6, 6.07) is 17.9. The SMILES string of the molecule is C=CCc1cc(C=NNC(=O)Cc2ccccc2[N+](=O)[O-])cc(OCC)c1OCc1ccc(C)cc1. The largest absolute Gasteiger partial charge is 0.490 e. The minimum absolute atomic E-state index is 0.103. The average molecular weight is 488 g/mol. The van der Waals surface area contributed by atoms with Crippen LogP contribution in [0.3, 0.4) is 0 Å². The van der Waals surface area contributed by atoms with E-state index in [-0.39, 0.29) is 12.1 Å². The summed E-state index contributed by atoms with van der Waals surface area (Å²) >= 11 is 0. The molecule has 8 nitrogen and oxygen atoms in total. The van der Waals surface area contributed by atoms with Crippen molar-refractivity contribution >= 4 is 17.8 Å². The van der Waals surface area contributed by atoms with Gasteiger partial charge in [-0.25, -0.2) is 5.43 Å². The Labute approximate surface area is 210 Å². The van der Waals surface area contributed by atoms with Crippen molar-refractivity contribution in [2.75, 3.05) is 6.61 Å². The second kappa shape index (κ2) is 12.9. The number of nitrogens with zero attached hydrogens (tertiary/aromatic N) is 2. The number of hydrazone groups is 1. The first-order chi connectivity index (χ1) is 17.4. The molecule has 0 bridgehead atoms. The number of nitrogens with one attached hydrogen (secondary N) is 1. The normalized spacial score (nSPS) is 10.7. The van der Waals surface area contributed by atoms with Gasteiger partial charge in [0.1, 0.15) is 6.61 Å². The molecule has 3 aromatic rings. The molecule has 1 amide bonds. The van der Waals surface area contributed by atoms with E-state index in [0.29, 0.717) is 42.3 Å². The summed E-state index contributed by atoms with van der Waals surface area (Å²) in [7, 11) is 0. The summed E-state index contributed by atoms with van der Waals surface area (Å²) in [6.07, 6.45) is 3.66. The highest BCUT2D eigenvalue weighted by Gasteiger charge is 2.16. The molecule has 0 aliphatic heterocycles. The van der Waals surface area contributed by atoms with Gasteiger partial charge in [0.15, 0.2) is 11.5 Å². The molecule has 1 N–H and O–H groups in total. The number of ether oxygens (including phenoxy) is 2. The fourth-order valence-corrected chi connectivity index (χ4v) is 3.56. The van der Waals surface area contributed by atoms with Gasteiger partial charge < -0.3 is 9.47 Å². The molecule has 8 heteroatoms.